The number of nitriles is 1. The summed E-state index contributed by atoms with van der Waals surface area (Å²) in [6.07, 6.45) is 6.46. The van der Waals surface area contributed by atoms with Crippen molar-refractivity contribution in [3.8, 4) is 6.19 Å². The van der Waals surface area contributed by atoms with E-state index in [1.54, 1.807) is 6.20 Å². The minimum Gasteiger partial charge on any atom is -0.280 e. The van der Waals surface area contributed by atoms with Crippen molar-refractivity contribution >= 4 is 16.7 Å². The zero-order valence-electron chi connectivity index (χ0n) is 13.8. The van der Waals surface area contributed by atoms with Gasteiger partial charge in [-0.2, -0.15) is 5.26 Å². The summed E-state index contributed by atoms with van der Waals surface area (Å²) >= 11 is 0. The van der Waals surface area contributed by atoms with Crippen molar-refractivity contribution in [3.05, 3.63) is 77.5 Å². The van der Waals surface area contributed by atoms with Crippen LogP contribution in [0.1, 0.15) is 29.2 Å². The monoisotopic (exact) mass is 326 g/mol. The Morgan fingerprint density at radius 2 is 2.08 bits per heavy atom. The number of aliphatic imine (C=N–C) groups is 1. The summed E-state index contributed by atoms with van der Waals surface area (Å²) in [5, 5.41) is 13.0. The van der Waals surface area contributed by atoms with Gasteiger partial charge in [-0.05, 0) is 41.7 Å². The van der Waals surface area contributed by atoms with Crippen LogP contribution in [0.25, 0.3) is 10.9 Å². The molecular weight excluding hydrogens is 308 g/mol. The number of pyridine rings is 1. The molecule has 0 aliphatic heterocycles. The highest BCUT2D eigenvalue weighted by Crippen LogP contribution is 2.34. The molecule has 0 spiro atoms. The molecule has 1 heterocycles. The fourth-order valence-electron chi connectivity index (χ4n) is 3.55. The van der Waals surface area contributed by atoms with Gasteiger partial charge in [0.1, 0.15) is 5.84 Å². The Balaban J connectivity index is 1.67. The summed E-state index contributed by atoms with van der Waals surface area (Å²) in [5.74, 6) is 0.709. The first kappa shape index (κ1) is 15.3. The van der Waals surface area contributed by atoms with Gasteiger partial charge in [0.15, 0.2) is 6.19 Å². The number of nitrogens with one attached hydrogen (secondary N) is 1. The zero-order valence-corrected chi connectivity index (χ0v) is 13.8. The van der Waals surface area contributed by atoms with Gasteiger partial charge in [-0.25, -0.2) is 0 Å². The quantitative estimate of drug-likeness (QED) is 0.343. The lowest BCUT2D eigenvalue weighted by Gasteiger charge is -2.11. The van der Waals surface area contributed by atoms with Crippen LogP contribution < -0.4 is 5.32 Å². The molecule has 122 valence electrons. The van der Waals surface area contributed by atoms with E-state index in [0.717, 1.165) is 29.3 Å². The number of amidine groups is 1. The summed E-state index contributed by atoms with van der Waals surface area (Å²) in [4.78, 5) is 9.27. The number of aryl methyl sites for hydroxylation is 1. The molecule has 2 aromatic carbocycles. The van der Waals surface area contributed by atoms with E-state index in [4.69, 9.17) is 10.3 Å². The van der Waals surface area contributed by atoms with Crippen molar-refractivity contribution in [2.75, 3.05) is 0 Å². The van der Waals surface area contributed by atoms with Crippen molar-refractivity contribution < 1.29 is 0 Å². The third-order valence-corrected chi connectivity index (χ3v) is 4.71. The largest absolute Gasteiger partial charge is 0.280 e. The number of rotatable bonds is 3. The van der Waals surface area contributed by atoms with E-state index in [0.29, 0.717) is 12.3 Å². The van der Waals surface area contributed by atoms with E-state index >= 15 is 0 Å². The SMILES string of the molecule is N#CNC(Cc1cccc2ncccc12)=N[C@@H]1CCc2ccccc21. The smallest absolute Gasteiger partial charge is 0.182 e. The van der Waals surface area contributed by atoms with Crippen LogP contribution in [0.4, 0.5) is 0 Å². The van der Waals surface area contributed by atoms with E-state index in [9.17, 15) is 0 Å². The highest BCUT2D eigenvalue weighted by atomic mass is 15.0. The van der Waals surface area contributed by atoms with Gasteiger partial charge in [-0.1, -0.05) is 42.5 Å². The normalized spacial score (nSPS) is 16.4. The van der Waals surface area contributed by atoms with E-state index in [1.807, 2.05) is 24.4 Å². The molecule has 0 saturated heterocycles. The van der Waals surface area contributed by atoms with Gasteiger partial charge in [0.05, 0.1) is 11.6 Å². The second-order valence-corrected chi connectivity index (χ2v) is 6.23. The molecule has 1 aliphatic carbocycles. The Kier molecular flexibility index (Phi) is 4.14. The lowest BCUT2D eigenvalue weighted by molar-refractivity contribution is 0.710. The second kappa shape index (κ2) is 6.74. The van der Waals surface area contributed by atoms with Crippen LogP contribution >= 0.6 is 0 Å². The Morgan fingerprint density at radius 1 is 1.16 bits per heavy atom. The number of hydrogen-bond donors (Lipinski definition) is 1. The maximum absolute atomic E-state index is 9.14. The standard InChI is InChI=1S/C21H18N4/c22-14-24-21(25-20-11-10-15-5-1-2-7-17(15)20)13-16-6-3-9-19-18(16)8-4-12-23-19/h1-9,12,20H,10-11,13H2,(H,24,25)/t20-/m1/s1. The summed E-state index contributed by atoms with van der Waals surface area (Å²) in [5.41, 5.74) is 4.72. The van der Waals surface area contributed by atoms with Crippen LogP contribution in [0.5, 0.6) is 0 Å². The molecule has 0 fully saturated rings. The predicted octanol–water partition coefficient (Wildman–Crippen LogP) is 3.93. The van der Waals surface area contributed by atoms with Crippen molar-refractivity contribution in [3.63, 3.8) is 0 Å². The average Bonchev–Trinajstić information content (AvgIpc) is 3.05. The van der Waals surface area contributed by atoms with Crippen LogP contribution in [0.15, 0.2) is 65.8 Å². The topological polar surface area (TPSA) is 61.1 Å². The summed E-state index contributed by atoms with van der Waals surface area (Å²) in [7, 11) is 0. The molecule has 4 nitrogen and oxygen atoms in total. The molecule has 25 heavy (non-hydrogen) atoms. The molecule has 4 heteroatoms. The molecule has 0 radical (unpaired) electrons. The molecule has 1 atom stereocenters. The van der Waals surface area contributed by atoms with Crippen molar-refractivity contribution in [1.82, 2.24) is 10.3 Å². The Labute approximate surface area is 146 Å². The van der Waals surface area contributed by atoms with Gasteiger partial charge in [0, 0.05) is 18.0 Å². The highest BCUT2D eigenvalue weighted by molar-refractivity contribution is 5.91. The summed E-state index contributed by atoms with van der Waals surface area (Å²) < 4.78 is 0. The number of aromatic nitrogens is 1. The van der Waals surface area contributed by atoms with E-state index < -0.39 is 0 Å². The zero-order chi connectivity index (χ0) is 17.1. The van der Waals surface area contributed by atoms with E-state index in [1.165, 1.54) is 11.1 Å². The Morgan fingerprint density at radius 3 is 3.00 bits per heavy atom. The summed E-state index contributed by atoms with van der Waals surface area (Å²) in [6, 6.07) is 18.6. The number of fused-ring (bicyclic) bond motifs is 2. The first-order valence-corrected chi connectivity index (χ1v) is 8.47. The molecule has 1 aliphatic rings. The van der Waals surface area contributed by atoms with Crippen LogP contribution in [-0.2, 0) is 12.8 Å². The minimum atomic E-state index is 0.125. The Hall–Kier alpha value is -3.19. The lowest BCUT2D eigenvalue weighted by atomic mass is 10.0. The van der Waals surface area contributed by atoms with Gasteiger partial charge in [0.25, 0.3) is 0 Å². The second-order valence-electron chi connectivity index (χ2n) is 6.23. The summed E-state index contributed by atoms with van der Waals surface area (Å²) in [6.45, 7) is 0. The minimum absolute atomic E-state index is 0.125. The molecule has 3 aromatic rings. The predicted molar refractivity (Wildman–Crippen MR) is 99.1 cm³/mol. The van der Waals surface area contributed by atoms with E-state index in [-0.39, 0.29) is 6.04 Å². The Bertz CT molecular complexity index is 979. The van der Waals surface area contributed by atoms with Gasteiger partial charge >= 0.3 is 0 Å². The van der Waals surface area contributed by atoms with Gasteiger partial charge < -0.3 is 0 Å². The number of benzene rings is 2. The van der Waals surface area contributed by atoms with Crippen molar-refractivity contribution in [1.29, 1.82) is 5.26 Å². The van der Waals surface area contributed by atoms with Crippen molar-refractivity contribution in [2.45, 2.75) is 25.3 Å². The molecule has 4 rings (SSSR count). The third kappa shape index (κ3) is 3.09. The maximum atomic E-state index is 9.14. The molecule has 0 saturated carbocycles. The van der Waals surface area contributed by atoms with Crippen molar-refractivity contribution in [2.24, 2.45) is 4.99 Å². The number of hydrogen-bond acceptors (Lipinski definition) is 3. The van der Waals surface area contributed by atoms with Gasteiger partial charge in [-0.15, -0.1) is 0 Å². The fraction of sp³-hybridized carbons (Fsp3) is 0.190. The molecule has 0 unspecified atom stereocenters. The maximum Gasteiger partial charge on any atom is 0.182 e. The third-order valence-electron chi connectivity index (χ3n) is 4.71. The number of nitrogens with zero attached hydrogens (tertiary/aromatic N) is 3. The van der Waals surface area contributed by atoms with Crippen LogP contribution in [-0.4, -0.2) is 10.8 Å². The first-order chi connectivity index (χ1) is 12.3. The van der Waals surface area contributed by atoms with Gasteiger partial charge in [-0.3, -0.25) is 15.3 Å². The fourth-order valence-corrected chi connectivity index (χ4v) is 3.55. The van der Waals surface area contributed by atoms with E-state index in [2.05, 4.69) is 46.7 Å². The van der Waals surface area contributed by atoms with Crippen LogP contribution in [0.2, 0.25) is 0 Å². The highest BCUT2D eigenvalue weighted by Gasteiger charge is 2.21. The lowest BCUT2D eigenvalue weighted by Crippen LogP contribution is -2.21. The van der Waals surface area contributed by atoms with Crippen LogP contribution in [0.3, 0.4) is 0 Å². The van der Waals surface area contributed by atoms with Crippen LogP contribution in [0, 0.1) is 11.5 Å². The molecular formula is C21H18N4. The average molecular weight is 326 g/mol. The molecule has 0 bridgehead atoms. The molecule has 1 N–H and O–H groups in total. The molecule has 1 aromatic heterocycles. The van der Waals surface area contributed by atoms with Gasteiger partial charge in [0.2, 0.25) is 0 Å². The molecule has 0 amide bonds. The first-order valence-electron chi connectivity index (χ1n) is 8.47.